The number of hydrogen-bond donors (Lipinski definition) is 1. The van der Waals surface area contributed by atoms with Gasteiger partial charge >= 0.3 is 0 Å². The van der Waals surface area contributed by atoms with E-state index >= 15 is 0 Å². The summed E-state index contributed by atoms with van der Waals surface area (Å²) < 4.78 is 5.72. The molecule has 1 aliphatic carbocycles. The number of hydrogen-bond acceptors (Lipinski definition) is 4. The summed E-state index contributed by atoms with van der Waals surface area (Å²) in [6.45, 7) is 1.20. The van der Waals surface area contributed by atoms with Gasteiger partial charge in [0.15, 0.2) is 11.2 Å². The Balaban J connectivity index is 1.42. The van der Waals surface area contributed by atoms with Crippen LogP contribution in [0.5, 0.6) is 0 Å². The third-order valence-corrected chi connectivity index (χ3v) is 5.34. The van der Waals surface area contributed by atoms with E-state index < -0.39 is 0 Å². The van der Waals surface area contributed by atoms with Crippen LogP contribution in [-0.4, -0.2) is 34.1 Å². The van der Waals surface area contributed by atoms with Crippen LogP contribution in [0.25, 0.3) is 11.0 Å². The van der Waals surface area contributed by atoms with Crippen molar-refractivity contribution >= 4 is 16.9 Å². The summed E-state index contributed by atoms with van der Waals surface area (Å²) in [5.41, 5.74) is 3.87. The maximum absolute atomic E-state index is 12.9. The molecule has 2 aromatic heterocycles. The molecule has 0 spiro atoms. The fraction of sp³-hybridized carbons (Fsp3) is 0.350. The predicted octanol–water partition coefficient (Wildman–Crippen LogP) is 2.63. The van der Waals surface area contributed by atoms with E-state index in [2.05, 4.69) is 10.2 Å². The summed E-state index contributed by atoms with van der Waals surface area (Å²) in [5.74, 6) is 0.481. The molecule has 3 aromatic rings. The predicted molar refractivity (Wildman–Crippen MR) is 96.4 cm³/mol. The van der Waals surface area contributed by atoms with Crippen LogP contribution in [-0.2, 0) is 12.8 Å². The highest BCUT2D eigenvalue weighted by molar-refractivity contribution is 5.93. The number of carbonyl (C=O) groups is 1. The Labute approximate surface area is 149 Å². The van der Waals surface area contributed by atoms with E-state index in [0.717, 1.165) is 18.5 Å². The van der Waals surface area contributed by atoms with Crippen molar-refractivity contribution in [3.63, 3.8) is 0 Å². The van der Waals surface area contributed by atoms with Crippen LogP contribution in [0.15, 0.2) is 39.5 Å². The molecule has 0 bridgehead atoms. The minimum Gasteiger partial charge on any atom is -0.451 e. The lowest BCUT2D eigenvalue weighted by Gasteiger charge is -2.19. The fourth-order valence-electron chi connectivity index (χ4n) is 3.77. The lowest BCUT2D eigenvalue weighted by Crippen LogP contribution is -2.33. The highest BCUT2D eigenvalue weighted by Gasteiger charge is 2.32. The molecular formula is C20H19N3O3. The van der Waals surface area contributed by atoms with E-state index in [1.54, 1.807) is 29.2 Å². The highest BCUT2D eigenvalue weighted by Crippen LogP contribution is 2.41. The minimum absolute atomic E-state index is 0.111. The largest absolute Gasteiger partial charge is 0.451 e. The van der Waals surface area contributed by atoms with Gasteiger partial charge in [0, 0.05) is 37.2 Å². The van der Waals surface area contributed by atoms with Gasteiger partial charge in [0.05, 0.1) is 11.1 Å². The second-order valence-corrected chi connectivity index (χ2v) is 7.10. The van der Waals surface area contributed by atoms with Crippen LogP contribution in [0.1, 0.15) is 46.3 Å². The molecule has 1 saturated carbocycles. The Morgan fingerprint density at radius 2 is 2.00 bits per heavy atom. The Bertz CT molecular complexity index is 1060. The van der Waals surface area contributed by atoms with Crippen LogP contribution in [0.3, 0.4) is 0 Å². The molecular weight excluding hydrogens is 330 g/mol. The number of para-hydroxylation sites is 1. The first-order chi connectivity index (χ1) is 12.7. The first kappa shape index (κ1) is 15.4. The zero-order chi connectivity index (χ0) is 17.7. The number of carbonyl (C=O) groups excluding carboxylic acids is 1. The van der Waals surface area contributed by atoms with Gasteiger partial charge in [-0.25, -0.2) is 0 Å². The van der Waals surface area contributed by atoms with Crippen molar-refractivity contribution in [2.24, 2.45) is 0 Å². The van der Waals surface area contributed by atoms with Crippen LogP contribution >= 0.6 is 0 Å². The minimum atomic E-state index is -0.223. The van der Waals surface area contributed by atoms with Crippen molar-refractivity contribution in [1.29, 1.82) is 0 Å². The lowest BCUT2D eigenvalue weighted by molar-refractivity contribution is 0.0731. The molecule has 6 heteroatoms. The molecule has 3 heterocycles. The first-order valence-electron chi connectivity index (χ1n) is 9.09. The van der Waals surface area contributed by atoms with Gasteiger partial charge in [0.1, 0.15) is 5.58 Å². The number of H-pyrrole nitrogens is 1. The number of fused-ring (bicyclic) bond motifs is 2. The number of rotatable bonds is 2. The van der Waals surface area contributed by atoms with E-state index in [9.17, 15) is 9.59 Å². The molecule has 6 nitrogen and oxygen atoms in total. The normalized spacial score (nSPS) is 17.2. The van der Waals surface area contributed by atoms with Crippen molar-refractivity contribution < 1.29 is 9.21 Å². The van der Waals surface area contributed by atoms with Gasteiger partial charge in [0.2, 0.25) is 0 Å². The average Bonchev–Trinajstić information content (AvgIpc) is 3.46. The molecule has 5 rings (SSSR count). The number of aromatic nitrogens is 2. The van der Waals surface area contributed by atoms with Crippen LogP contribution < -0.4 is 5.43 Å². The fourth-order valence-corrected chi connectivity index (χ4v) is 3.77. The van der Waals surface area contributed by atoms with E-state index in [4.69, 9.17) is 4.42 Å². The Morgan fingerprint density at radius 1 is 1.19 bits per heavy atom. The number of amides is 1. The van der Waals surface area contributed by atoms with E-state index in [0.29, 0.717) is 30.0 Å². The Kier molecular flexibility index (Phi) is 3.45. The molecule has 1 amide bonds. The first-order valence-corrected chi connectivity index (χ1v) is 9.09. The van der Waals surface area contributed by atoms with Crippen molar-refractivity contribution in [1.82, 2.24) is 15.1 Å². The zero-order valence-electron chi connectivity index (χ0n) is 14.3. The monoisotopic (exact) mass is 349 g/mol. The lowest BCUT2D eigenvalue weighted by atomic mass is 10.1. The van der Waals surface area contributed by atoms with Crippen LogP contribution in [0.4, 0.5) is 0 Å². The molecule has 0 unspecified atom stereocenters. The summed E-state index contributed by atoms with van der Waals surface area (Å²) in [6, 6.07) is 8.32. The van der Waals surface area contributed by atoms with Gasteiger partial charge in [-0.15, -0.1) is 0 Å². The number of nitrogens with one attached hydrogen (secondary N) is 1. The summed E-state index contributed by atoms with van der Waals surface area (Å²) in [7, 11) is 0. The molecule has 26 heavy (non-hydrogen) atoms. The van der Waals surface area contributed by atoms with E-state index in [-0.39, 0.29) is 17.1 Å². The molecule has 1 aliphatic heterocycles. The molecule has 2 aliphatic rings. The summed E-state index contributed by atoms with van der Waals surface area (Å²) in [4.78, 5) is 27.0. The number of aromatic amines is 1. The van der Waals surface area contributed by atoms with Crippen molar-refractivity contribution in [3.05, 3.63) is 63.3 Å². The second-order valence-electron chi connectivity index (χ2n) is 7.10. The van der Waals surface area contributed by atoms with Crippen LogP contribution in [0.2, 0.25) is 0 Å². The van der Waals surface area contributed by atoms with Gasteiger partial charge in [-0.2, -0.15) is 5.10 Å². The second kappa shape index (κ2) is 5.83. The number of nitrogens with zero attached hydrogens (tertiary/aromatic N) is 2. The molecule has 132 valence electrons. The maximum atomic E-state index is 12.9. The molecule has 0 atom stereocenters. The van der Waals surface area contributed by atoms with Gasteiger partial charge in [-0.1, -0.05) is 12.1 Å². The average molecular weight is 349 g/mol. The topological polar surface area (TPSA) is 79.2 Å². The zero-order valence-corrected chi connectivity index (χ0v) is 14.3. The molecule has 0 radical (unpaired) electrons. The van der Waals surface area contributed by atoms with Gasteiger partial charge in [-0.3, -0.25) is 14.7 Å². The Morgan fingerprint density at radius 3 is 2.85 bits per heavy atom. The summed E-state index contributed by atoms with van der Waals surface area (Å²) >= 11 is 0. The number of benzene rings is 1. The van der Waals surface area contributed by atoms with Gasteiger partial charge < -0.3 is 9.32 Å². The third-order valence-electron chi connectivity index (χ3n) is 5.34. The standard InChI is InChI=1S/C20H19N3O3/c24-16-11-18(26-17-4-2-1-3-14(16)17)20(25)23-9-7-13-15(8-10-23)21-22-19(13)12-5-6-12/h1-4,11-12H,5-10H2,(H,21,22). The SMILES string of the molecule is O=C(c1cc(=O)c2ccccc2o1)N1CCc2[nH]nc(C3CC3)c2CC1. The molecule has 1 N–H and O–H groups in total. The molecule has 1 aromatic carbocycles. The van der Waals surface area contributed by atoms with Crippen molar-refractivity contribution in [2.75, 3.05) is 13.1 Å². The smallest absolute Gasteiger partial charge is 0.289 e. The third kappa shape index (κ3) is 2.53. The maximum Gasteiger partial charge on any atom is 0.289 e. The van der Waals surface area contributed by atoms with Gasteiger partial charge in [-0.05, 0) is 37.0 Å². The van der Waals surface area contributed by atoms with E-state index in [1.807, 2.05) is 0 Å². The highest BCUT2D eigenvalue weighted by atomic mass is 16.3. The summed E-state index contributed by atoms with van der Waals surface area (Å²) in [5, 5.41) is 8.14. The molecule has 1 fully saturated rings. The Hall–Kier alpha value is -2.89. The van der Waals surface area contributed by atoms with Crippen molar-refractivity contribution in [2.45, 2.75) is 31.6 Å². The van der Waals surface area contributed by atoms with E-state index in [1.165, 1.54) is 30.2 Å². The van der Waals surface area contributed by atoms with Crippen LogP contribution in [0, 0.1) is 0 Å². The van der Waals surface area contributed by atoms with Gasteiger partial charge in [0.25, 0.3) is 5.91 Å². The quantitative estimate of drug-likeness (QED) is 0.771. The molecule has 0 saturated heterocycles. The summed E-state index contributed by atoms with van der Waals surface area (Å²) in [6.07, 6.45) is 3.96. The van der Waals surface area contributed by atoms with Crippen molar-refractivity contribution in [3.8, 4) is 0 Å².